The van der Waals surface area contributed by atoms with Crippen molar-refractivity contribution in [2.75, 3.05) is 6.61 Å². The number of rotatable bonds is 6. The number of carbonyl (C=O) groups excluding carboxylic acids is 2. The van der Waals surface area contributed by atoms with Gasteiger partial charge in [-0.1, -0.05) is 67.1 Å². The van der Waals surface area contributed by atoms with Crippen LogP contribution >= 0.6 is 0 Å². The summed E-state index contributed by atoms with van der Waals surface area (Å²) >= 11 is 0. The summed E-state index contributed by atoms with van der Waals surface area (Å²) in [5.74, 6) is -1.84. The Morgan fingerprint density at radius 3 is 2.31 bits per heavy atom. The van der Waals surface area contributed by atoms with Crippen molar-refractivity contribution in [2.45, 2.75) is 50.1 Å². The normalized spacial score (nSPS) is 24.9. The van der Waals surface area contributed by atoms with Gasteiger partial charge in [-0.3, -0.25) is 9.59 Å². The fraction of sp³-hybridized carbons (Fsp3) is 0.393. The number of hydrogen-bond acceptors (Lipinski definition) is 4. The number of carbonyl (C=O) groups is 3. The number of carboxylic acid groups (broad SMARTS) is 1. The minimum atomic E-state index is -0.843. The molecule has 0 heterocycles. The largest absolute Gasteiger partial charge is 0.481 e. The lowest BCUT2D eigenvalue weighted by molar-refractivity contribution is -0.142. The molecule has 2 unspecified atom stereocenters. The van der Waals surface area contributed by atoms with Gasteiger partial charge in [0.2, 0.25) is 5.91 Å². The average Bonchev–Trinajstić information content (AvgIpc) is 3.45. The zero-order valence-corrected chi connectivity index (χ0v) is 19.5. The summed E-state index contributed by atoms with van der Waals surface area (Å²) in [5, 5.41) is 15.2. The Morgan fingerprint density at radius 2 is 1.63 bits per heavy atom. The summed E-state index contributed by atoms with van der Waals surface area (Å²) in [5.41, 5.74) is 4.65. The zero-order valence-electron chi connectivity index (χ0n) is 19.5. The second-order valence-electron chi connectivity index (χ2n) is 9.66. The molecule has 182 valence electrons. The van der Waals surface area contributed by atoms with E-state index in [-0.39, 0.29) is 36.4 Å². The molecule has 0 saturated heterocycles. The van der Waals surface area contributed by atoms with E-state index in [1.165, 1.54) is 11.1 Å². The number of alkyl carbamates (subject to hydrolysis) is 1. The van der Waals surface area contributed by atoms with E-state index in [1.807, 2.05) is 36.4 Å². The molecule has 0 spiro atoms. The van der Waals surface area contributed by atoms with Crippen LogP contribution in [0.2, 0.25) is 0 Å². The molecule has 0 aromatic heterocycles. The molecule has 7 heteroatoms. The first-order valence-corrected chi connectivity index (χ1v) is 12.3. The van der Waals surface area contributed by atoms with Crippen molar-refractivity contribution in [3.05, 3.63) is 71.8 Å². The quantitative estimate of drug-likeness (QED) is 0.544. The SMILES string of the molecule is O=C(N[C@H]1CCC[C@H]1C(=O)NC1C=CCC(C(=O)O)C1)OCC1c2ccccc2-c2ccccc21. The number of carboxylic acids is 1. The van der Waals surface area contributed by atoms with Crippen molar-refractivity contribution < 1.29 is 24.2 Å². The van der Waals surface area contributed by atoms with E-state index in [1.54, 1.807) is 0 Å². The summed E-state index contributed by atoms with van der Waals surface area (Å²) in [4.78, 5) is 37.0. The lowest BCUT2D eigenvalue weighted by Gasteiger charge is -2.26. The summed E-state index contributed by atoms with van der Waals surface area (Å²) in [6, 6.07) is 15.8. The smallest absolute Gasteiger partial charge is 0.407 e. The molecule has 3 aliphatic rings. The molecule has 0 aliphatic heterocycles. The van der Waals surface area contributed by atoms with Crippen LogP contribution in [-0.4, -0.2) is 41.8 Å². The van der Waals surface area contributed by atoms with Crippen molar-refractivity contribution in [1.82, 2.24) is 10.6 Å². The standard InChI is InChI=1S/C28H30N2O5/c31-26(29-18-8-5-7-17(15-18)27(32)33)23-13-6-14-25(23)30-28(34)35-16-24-21-11-3-1-9-19(21)20-10-2-4-12-22(20)24/h1-5,8-12,17-18,23-25H,6-7,13-16H2,(H,29,31)(H,30,34)(H,32,33)/t17?,18?,23-,25+/m1/s1. The summed E-state index contributed by atoms with van der Waals surface area (Å²) in [6.45, 7) is 0.229. The molecular formula is C28H30N2O5. The topological polar surface area (TPSA) is 105 Å². The van der Waals surface area contributed by atoms with E-state index in [4.69, 9.17) is 4.74 Å². The van der Waals surface area contributed by atoms with E-state index in [0.29, 0.717) is 25.7 Å². The Kier molecular flexibility index (Phi) is 6.57. The molecule has 4 atom stereocenters. The number of aliphatic carboxylic acids is 1. The number of allylic oxidation sites excluding steroid dienone is 1. The highest BCUT2D eigenvalue weighted by atomic mass is 16.5. The highest BCUT2D eigenvalue weighted by Crippen LogP contribution is 2.44. The van der Waals surface area contributed by atoms with Gasteiger partial charge in [-0.15, -0.1) is 0 Å². The van der Waals surface area contributed by atoms with Crippen LogP contribution in [0.15, 0.2) is 60.7 Å². The minimum absolute atomic E-state index is 0.0175. The number of hydrogen-bond donors (Lipinski definition) is 3. The van der Waals surface area contributed by atoms with E-state index >= 15 is 0 Å². The summed E-state index contributed by atoms with van der Waals surface area (Å²) < 4.78 is 5.66. The third-order valence-electron chi connectivity index (χ3n) is 7.50. The van der Waals surface area contributed by atoms with Crippen molar-refractivity contribution in [2.24, 2.45) is 11.8 Å². The lowest BCUT2D eigenvalue weighted by Crippen LogP contribution is -2.47. The molecule has 0 bridgehead atoms. The van der Waals surface area contributed by atoms with Gasteiger partial charge < -0.3 is 20.5 Å². The molecule has 0 radical (unpaired) electrons. The van der Waals surface area contributed by atoms with Gasteiger partial charge in [0.25, 0.3) is 0 Å². The summed E-state index contributed by atoms with van der Waals surface area (Å²) in [7, 11) is 0. The van der Waals surface area contributed by atoms with Crippen molar-refractivity contribution >= 4 is 18.0 Å². The first kappa shape index (κ1) is 23.1. The minimum Gasteiger partial charge on any atom is -0.481 e. The maximum Gasteiger partial charge on any atom is 0.407 e. The molecule has 3 N–H and O–H groups in total. The second-order valence-corrected chi connectivity index (χ2v) is 9.66. The number of ether oxygens (including phenoxy) is 1. The van der Waals surface area contributed by atoms with Crippen molar-refractivity contribution in [3.8, 4) is 11.1 Å². The van der Waals surface area contributed by atoms with E-state index in [2.05, 4.69) is 34.9 Å². The Morgan fingerprint density at radius 1 is 0.943 bits per heavy atom. The summed E-state index contributed by atoms with van der Waals surface area (Å²) in [6.07, 6.45) is 6.25. The highest BCUT2D eigenvalue weighted by molar-refractivity contribution is 5.82. The third-order valence-corrected chi connectivity index (χ3v) is 7.50. The van der Waals surface area contributed by atoms with E-state index in [0.717, 1.165) is 17.5 Å². The maximum absolute atomic E-state index is 12.9. The van der Waals surface area contributed by atoms with Gasteiger partial charge in [0.15, 0.2) is 0 Å². The second kappa shape index (κ2) is 9.94. The number of nitrogens with one attached hydrogen (secondary N) is 2. The predicted octanol–water partition coefficient (Wildman–Crippen LogP) is 4.23. The number of amides is 2. The van der Waals surface area contributed by atoms with E-state index in [9.17, 15) is 19.5 Å². The Hall–Kier alpha value is -3.61. The van der Waals surface area contributed by atoms with Crippen LogP contribution in [0.5, 0.6) is 0 Å². The van der Waals surface area contributed by atoms with Gasteiger partial charge in [0.05, 0.1) is 11.8 Å². The molecule has 3 aliphatic carbocycles. The molecule has 2 aromatic carbocycles. The van der Waals surface area contributed by atoms with Crippen LogP contribution in [0, 0.1) is 11.8 Å². The molecular weight excluding hydrogens is 444 g/mol. The van der Waals surface area contributed by atoms with Crippen LogP contribution in [-0.2, 0) is 14.3 Å². The first-order chi connectivity index (χ1) is 17.0. The third kappa shape index (κ3) is 4.81. The van der Waals surface area contributed by atoms with Gasteiger partial charge in [0.1, 0.15) is 6.61 Å². The molecule has 35 heavy (non-hydrogen) atoms. The van der Waals surface area contributed by atoms with Crippen LogP contribution in [0.25, 0.3) is 11.1 Å². The molecule has 7 nitrogen and oxygen atoms in total. The van der Waals surface area contributed by atoms with Gasteiger partial charge in [0, 0.05) is 18.0 Å². The van der Waals surface area contributed by atoms with Gasteiger partial charge in [-0.25, -0.2) is 4.79 Å². The van der Waals surface area contributed by atoms with Gasteiger partial charge >= 0.3 is 12.1 Å². The molecule has 1 saturated carbocycles. The van der Waals surface area contributed by atoms with Crippen LogP contribution in [0.1, 0.15) is 49.1 Å². The fourth-order valence-corrected chi connectivity index (χ4v) is 5.72. The molecule has 2 aromatic rings. The number of fused-ring (bicyclic) bond motifs is 3. The maximum atomic E-state index is 12.9. The Bertz CT molecular complexity index is 1110. The predicted molar refractivity (Wildman–Crippen MR) is 131 cm³/mol. The Labute approximate surface area is 204 Å². The fourth-order valence-electron chi connectivity index (χ4n) is 5.72. The first-order valence-electron chi connectivity index (χ1n) is 12.3. The average molecular weight is 475 g/mol. The van der Waals surface area contributed by atoms with Crippen molar-refractivity contribution in [1.29, 1.82) is 0 Å². The van der Waals surface area contributed by atoms with Crippen LogP contribution in [0.4, 0.5) is 4.79 Å². The Balaban J connectivity index is 1.17. The molecule has 2 amide bonds. The van der Waals surface area contributed by atoms with Crippen molar-refractivity contribution in [3.63, 3.8) is 0 Å². The highest BCUT2D eigenvalue weighted by Gasteiger charge is 2.36. The van der Waals surface area contributed by atoms with Crippen LogP contribution < -0.4 is 10.6 Å². The molecule has 1 fully saturated rings. The van der Waals surface area contributed by atoms with Gasteiger partial charge in [-0.05, 0) is 47.9 Å². The van der Waals surface area contributed by atoms with Gasteiger partial charge in [-0.2, -0.15) is 0 Å². The monoisotopic (exact) mass is 474 g/mol. The van der Waals surface area contributed by atoms with E-state index < -0.39 is 18.0 Å². The lowest BCUT2D eigenvalue weighted by atomic mass is 9.90. The molecule has 5 rings (SSSR count). The zero-order chi connectivity index (χ0) is 24.4. The van der Waals surface area contributed by atoms with Crippen LogP contribution in [0.3, 0.4) is 0 Å². The number of benzene rings is 2.